The number of alkyl carbamates (subject to hydrolysis) is 2. The molecule has 0 aliphatic carbocycles. The minimum atomic E-state index is -6.98. The summed E-state index contributed by atoms with van der Waals surface area (Å²) in [5.41, 5.74) is -5.86. The highest BCUT2D eigenvalue weighted by molar-refractivity contribution is 5.87. The van der Waals surface area contributed by atoms with Gasteiger partial charge in [-0.25, -0.2) is 23.6 Å². The lowest BCUT2D eigenvalue weighted by molar-refractivity contribution is -0.384. The Morgan fingerprint density at radius 1 is 0.674 bits per heavy atom. The van der Waals surface area contributed by atoms with E-state index < -0.39 is 113 Å². The molecule has 0 heterocycles. The van der Waals surface area contributed by atoms with E-state index in [9.17, 15) is 67.5 Å². The van der Waals surface area contributed by atoms with Crippen LogP contribution in [-0.2, 0) is 33.3 Å². The van der Waals surface area contributed by atoms with Crippen LogP contribution in [0.25, 0.3) is 0 Å². The fraction of sp³-hybridized carbons (Fsp3) is 0.667. The smallest absolute Gasteiger partial charge is 0.456 e. The van der Waals surface area contributed by atoms with Gasteiger partial charge in [0.1, 0.15) is 19.8 Å². The van der Waals surface area contributed by atoms with Gasteiger partial charge in [-0.15, -0.1) is 0 Å². The Hall–Kier alpha value is -3.85. The molecule has 0 fully saturated rings. The minimum absolute atomic E-state index is 0.0124. The Bertz CT molecular complexity index is 1110. The Kier molecular flexibility index (Phi) is 15.2. The number of nitrogens with one attached hydrogen (secondary N) is 2. The third-order valence-electron chi connectivity index (χ3n) is 5.20. The van der Waals surface area contributed by atoms with E-state index >= 15 is 0 Å². The van der Waals surface area contributed by atoms with Gasteiger partial charge in [0.05, 0.1) is 19.7 Å². The molecule has 0 saturated carbocycles. The van der Waals surface area contributed by atoms with Crippen molar-refractivity contribution in [3.8, 4) is 0 Å². The second-order valence-electron chi connectivity index (χ2n) is 9.29. The van der Waals surface area contributed by atoms with Gasteiger partial charge >= 0.3 is 48.3 Å². The molecule has 0 aromatic heterocycles. The zero-order valence-corrected chi connectivity index (χ0v) is 24.1. The zero-order chi connectivity index (χ0) is 36.3. The first-order chi connectivity index (χ1) is 20.7. The van der Waals surface area contributed by atoms with E-state index in [1.165, 1.54) is 13.8 Å². The maximum absolute atomic E-state index is 14.8. The van der Waals surface area contributed by atoms with Crippen LogP contribution in [0, 0.1) is 0 Å². The molecule has 46 heavy (non-hydrogen) atoms. The largest absolute Gasteiger partial charge is 0.460 e. The number of alkyl halides is 11. The predicted octanol–water partition coefficient (Wildman–Crippen LogP) is 4.55. The molecule has 266 valence electrons. The molecule has 0 aliphatic rings. The molecule has 0 bridgehead atoms. The van der Waals surface area contributed by atoms with Gasteiger partial charge in [-0.2, -0.15) is 43.9 Å². The van der Waals surface area contributed by atoms with Crippen molar-refractivity contribution in [2.45, 2.75) is 62.8 Å². The summed E-state index contributed by atoms with van der Waals surface area (Å²) >= 11 is 0. The number of esters is 2. The number of carbonyl (C=O) groups is 4. The molecule has 3 atom stereocenters. The van der Waals surface area contributed by atoms with Crippen molar-refractivity contribution in [2.24, 2.45) is 0 Å². The monoisotopic (exact) mass is 698 g/mol. The van der Waals surface area contributed by atoms with Crippen molar-refractivity contribution >= 4 is 24.1 Å². The van der Waals surface area contributed by atoms with Crippen LogP contribution in [0.5, 0.6) is 0 Å². The van der Waals surface area contributed by atoms with Crippen LogP contribution >= 0.6 is 0 Å². The van der Waals surface area contributed by atoms with Crippen LogP contribution in [0.2, 0.25) is 0 Å². The maximum Gasteiger partial charge on any atom is 0.456 e. The summed E-state index contributed by atoms with van der Waals surface area (Å²) in [5, 5.41) is 3.81. The summed E-state index contributed by atoms with van der Waals surface area (Å²) in [7, 11) is 0. The van der Waals surface area contributed by atoms with E-state index in [4.69, 9.17) is 0 Å². The number of rotatable bonds is 17. The number of amides is 2. The normalized spacial score (nSPS) is 15.0. The Balaban J connectivity index is 5.94. The topological polar surface area (TPSA) is 138 Å². The third-order valence-corrected chi connectivity index (χ3v) is 5.20. The lowest BCUT2D eigenvalue weighted by Crippen LogP contribution is -2.67. The van der Waals surface area contributed by atoms with Crippen molar-refractivity contribution in [3.05, 3.63) is 24.3 Å². The molecule has 0 aromatic rings. The van der Waals surface area contributed by atoms with E-state index in [2.05, 4.69) is 36.8 Å². The summed E-state index contributed by atoms with van der Waals surface area (Å²) in [6.07, 6.45) is -24.3. The summed E-state index contributed by atoms with van der Waals surface area (Å²) in [6, 6.07) is 0. The highest BCUT2D eigenvalue weighted by Gasteiger charge is 2.79. The molecule has 22 heteroatoms. The number of halogens is 11. The first kappa shape index (κ1) is 42.1. The van der Waals surface area contributed by atoms with Crippen LogP contribution in [0.4, 0.5) is 57.9 Å². The minimum Gasteiger partial charge on any atom is -0.460 e. The lowest BCUT2D eigenvalue weighted by Gasteiger charge is -2.41. The van der Waals surface area contributed by atoms with Crippen molar-refractivity contribution in [2.75, 3.05) is 39.5 Å². The van der Waals surface area contributed by atoms with Gasteiger partial charge < -0.3 is 34.3 Å². The summed E-state index contributed by atoms with van der Waals surface area (Å²) in [4.78, 5) is 46.6. The molecule has 11 nitrogen and oxygen atoms in total. The van der Waals surface area contributed by atoms with E-state index in [0.29, 0.717) is 0 Å². The van der Waals surface area contributed by atoms with Gasteiger partial charge in [0, 0.05) is 11.1 Å². The first-order valence-corrected chi connectivity index (χ1v) is 12.4. The summed E-state index contributed by atoms with van der Waals surface area (Å²) in [6.45, 7) is 2.85. The van der Waals surface area contributed by atoms with Crippen molar-refractivity contribution in [1.29, 1.82) is 0 Å². The molecule has 2 amide bonds. The Morgan fingerprint density at radius 2 is 1.11 bits per heavy atom. The van der Waals surface area contributed by atoms with Crippen molar-refractivity contribution in [3.63, 3.8) is 0 Å². The highest BCUT2D eigenvalue weighted by atomic mass is 19.4. The van der Waals surface area contributed by atoms with E-state index in [-0.39, 0.29) is 11.1 Å². The second-order valence-corrected chi connectivity index (χ2v) is 9.29. The van der Waals surface area contributed by atoms with Gasteiger partial charge in [-0.3, -0.25) is 0 Å². The quantitative estimate of drug-likeness (QED) is 0.0737. The van der Waals surface area contributed by atoms with E-state index in [1.807, 2.05) is 10.6 Å². The van der Waals surface area contributed by atoms with Crippen LogP contribution in [0.15, 0.2) is 24.3 Å². The van der Waals surface area contributed by atoms with Crippen LogP contribution in [0.3, 0.4) is 0 Å². The molecule has 0 saturated heterocycles. The van der Waals surface area contributed by atoms with Gasteiger partial charge in [-0.05, 0) is 20.8 Å². The average Bonchev–Trinajstić information content (AvgIpc) is 2.89. The SMILES string of the molecule is C=C(C)C(=O)OCCNC(=O)OCC(COC(C(C)(F)C(F)(F)C(F)(F)F)C(F)(F)C(F)(F)F)OC(=O)NCCOC(=O)C(=C)C. The fourth-order valence-corrected chi connectivity index (χ4v) is 2.76. The molecule has 0 aromatic carbocycles. The molecule has 0 radical (unpaired) electrons. The number of hydrogen-bond donors (Lipinski definition) is 2. The number of ether oxygens (including phenoxy) is 5. The second kappa shape index (κ2) is 16.6. The maximum atomic E-state index is 14.8. The molecular formula is C24H29F11N2O9. The summed E-state index contributed by atoms with van der Waals surface area (Å²) in [5.74, 6) is -15.3. The van der Waals surface area contributed by atoms with Gasteiger partial charge in [0.25, 0.3) is 0 Å². The number of hydrogen-bond acceptors (Lipinski definition) is 9. The molecule has 2 N–H and O–H groups in total. The standard InChI is InChI=1S/C24H29F11N2O9/c1-12(2)15(38)42-8-6-36-18(40)45-11-14(46-19(41)37-7-9-43-16(39)13(3)4)10-44-17(21(26,27)23(30,31)32)20(5,25)22(28,29)24(33,34)35/h14,17H,1,3,6-11H2,2,4-5H3,(H,36,40)(H,37,41). The Labute approximate surface area is 253 Å². The lowest BCUT2D eigenvalue weighted by atomic mass is 9.88. The van der Waals surface area contributed by atoms with Crippen LogP contribution in [0.1, 0.15) is 20.8 Å². The molecule has 0 rings (SSSR count). The predicted molar refractivity (Wildman–Crippen MR) is 130 cm³/mol. The molecule has 0 spiro atoms. The third kappa shape index (κ3) is 12.2. The van der Waals surface area contributed by atoms with Crippen LogP contribution in [-0.4, -0.2) is 106 Å². The zero-order valence-electron chi connectivity index (χ0n) is 24.1. The fourth-order valence-electron chi connectivity index (χ4n) is 2.76. The van der Waals surface area contributed by atoms with E-state index in [0.717, 1.165) is 0 Å². The average molecular weight is 698 g/mol. The molecular weight excluding hydrogens is 669 g/mol. The molecule has 3 unspecified atom stereocenters. The van der Waals surface area contributed by atoms with Crippen molar-refractivity contribution in [1.82, 2.24) is 10.6 Å². The van der Waals surface area contributed by atoms with Crippen molar-refractivity contribution < 1.29 is 91.2 Å². The summed E-state index contributed by atoms with van der Waals surface area (Å²) < 4.78 is 171. The van der Waals surface area contributed by atoms with E-state index in [1.54, 1.807) is 0 Å². The van der Waals surface area contributed by atoms with Gasteiger partial charge in [-0.1, -0.05) is 13.2 Å². The van der Waals surface area contributed by atoms with Gasteiger partial charge in [0.2, 0.25) is 5.67 Å². The first-order valence-electron chi connectivity index (χ1n) is 12.4. The number of carbonyl (C=O) groups excluding carboxylic acids is 4. The Morgan fingerprint density at radius 3 is 1.50 bits per heavy atom. The molecule has 0 aliphatic heterocycles. The van der Waals surface area contributed by atoms with Crippen LogP contribution < -0.4 is 10.6 Å². The highest BCUT2D eigenvalue weighted by Crippen LogP contribution is 2.53. The van der Waals surface area contributed by atoms with Gasteiger partial charge in [0.15, 0.2) is 12.2 Å².